The van der Waals surface area contributed by atoms with E-state index in [1.165, 1.54) is 5.56 Å². The molecule has 3 atom stereocenters. The second-order valence-corrected chi connectivity index (χ2v) is 7.90. The van der Waals surface area contributed by atoms with E-state index >= 15 is 0 Å². The van der Waals surface area contributed by atoms with Crippen molar-refractivity contribution in [3.8, 4) is 5.75 Å². The predicted molar refractivity (Wildman–Crippen MR) is 116 cm³/mol. The zero-order valence-corrected chi connectivity index (χ0v) is 17.8. The lowest BCUT2D eigenvalue weighted by atomic mass is 9.98. The number of aliphatic hydroxyl groups is 1. The van der Waals surface area contributed by atoms with Crippen LogP contribution < -0.4 is 10.1 Å². The summed E-state index contributed by atoms with van der Waals surface area (Å²) < 4.78 is 11.1. The number of nitrogens with one attached hydrogen (secondary N) is 1. The van der Waals surface area contributed by atoms with E-state index in [0.29, 0.717) is 13.0 Å². The van der Waals surface area contributed by atoms with Crippen molar-refractivity contribution in [1.82, 2.24) is 10.2 Å². The van der Waals surface area contributed by atoms with Crippen molar-refractivity contribution >= 4 is 5.91 Å². The highest BCUT2D eigenvalue weighted by Gasteiger charge is 2.34. The number of nitrogens with zero attached hydrogens (tertiary/aromatic N) is 1. The molecular weight excluding hydrogens is 380 g/mol. The Kier molecular flexibility index (Phi) is 8.25. The van der Waals surface area contributed by atoms with Gasteiger partial charge in [0.25, 0.3) is 5.91 Å². The molecule has 1 amide bonds. The highest BCUT2D eigenvalue weighted by Crippen LogP contribution is 2.23. The van der Waals surface area contributed by atoms with Crippen molar-refractivity contribution in [1.29, 1.82) is 0 Å². The Hall–Kier alpha value is -2.41. The van der Waals surface area contributed by atoms with Gasteiger partial charge in [0.15, 0.2) is 6.10 Å². The minimum Gasteiger partial charge on any atom is -0.497 e. The van der Waals surface area contributed by atoms with E-state index in [-0.39, 0.29) is 12.0 Å². The molecule has 2 aromatic carbocycles. The van der Waals surface area contributed by atoms with Gasteiger partial charge in [-0.25, -0.2) is 0 Å². The first kappa shape index (κ1) is 22.3. The highest BCUT2D eigenvalue weighted by atomic mass is 16.5. The SMILES string of the molecule is COc1ccc(CNC(=O)[C@H]2O[C@H](CCN(C)Cc3ccccc3)CC[C@@H]2O)cc1. The van der Waals surface area contributed by atoms with Crippen LogP contribution in [0.15, 0.2) is 54.6 Å². The number of hydrogen-bond acceptors (Lipinski definition) is 5. The molecule has 2 N–H and O–H groups in total. The molecule has 162 valence electrons. The predicted octanol–water partition coefficient (Wildman–Crippen LogP) is 2.74. The molecule has 6 heteroatoms. The van der Waals surface area contributed by atoms with Crippen LogP contribution in [0.2, 0.25) is 0 Å². The summed E-state index contributed by atoms with van der Waals surface area (Å²) in [5.74, 6) is 0.511. The molecule has 0 unspecified atom stereocenters. The van der Waals surface area contributed by atoms with Gasteiger partial charge >= 0.3 is 0 Å². The number of methoxy groups -OCH3 is 1. The fourth-order valence-corrected chi connectivity index (χ4v) is 3.69. The molecule has 1 heterocycles. The van der Waals surface area contributed by atoms with E-state index in [0.717, 1.165) is 37.2 Å². The standard InChI is InChI=1S/C24H32N2O4/c1-26(17-19-6-4-3-5-7-19)15-14-21-12-13-22(27)23(30-21)24(28)25-16-18-8-10-20(29-2)11-9-18/h3-11,21-23,27H,12-17H2,1-2H3,(H,25,28)/t21-,22-,23-/m0/s1. The molecule has 6 nitrogen and oxygen atoms in total. The lowest BCUT2D eigenvalue weighted by Gasteiger charge is -2.33. The van der Waals surface area contributed by atoms with Crippen LogP contribution in [-0.2, 0) is 22.6 Å². The molecule has 0 aromatic heterocycles. The molecule has 0 spiro atoms. The van der Waals surface area contributed by atoms with Crippen LogP contribution in [0.5, 0.6) is 5.75 Å². The first-order chi connectivity index (χ1) is 14.5. The van der Waals surface area contributed by atoms with Crippen LogP contribution in [0.3, 0.4) is 0 Å². The van der Waals surface area contributed by atoms with Gasteiger partial charge in [0.2, 0.25) is 0 Å². The van der Waals surface area contributed by atoms with Crippen LogP contribution in [0.1, 0.15) is 30.4 Å². The fourth-order valence-electron chi connectivity index (χ4n) is 3.69. The minimum absolute atomic E-state index is 0.0247. The Labute approximate surface area is 178 Å². The molecule has 3 rings (SSSR count). The van der Waals surface area contributed by atoms with E-state index in [1.807, 2.05) is 42.5 Å². The lowest BCUT2D eigenvalue weighted by Crippen LogP contribution is -2.49. The maximum Gasteiger partial charge on any atom is 0.252 e. The number of amides is 1. The van der Waals surface area contributed by atoms with Crippen molar-refractivity contribution in [3.05, 3.63) is 65.7 Å². The zero-order chi connectivity index (χ0) is 21.3. The lowest BCUT2D eigenvalue weighted by molar-refractivity contribution is -0.158. The maximum atomic E-state index is 12.6. The number of ether oxygens (including phenoxy) is 2. The van der Waals surface area contributed by atoms with Crippen molar-refractivity contribution in [2.75, 3.05) is 20.7 Å². The summed E-state index contributed by atoms with van der Waals surface area (Å²) >= 11 is 0. The zero-order valence-electron chi connectivity index (χ0n) is 17.8. The van der Waals surface area contributed by atoms with Gasteiger partial charge in [0.1, 0.15) is 5.75 Å². The molecule has 1 aliphatic heterocycles. The van der Waals surface area contributed by atoms with Crippen molar-refractivity contribution in [2.45, 2.75) is 50.7 Å². The Morgan fingerprint density at radius 1 is 1.13 bits per heavy atom. The molecule has 1 saturated heterocycles. The third-order valence-electron chi connectivity index (χ3n) is 5.49. The summed E-state index contributed by atoms with van der Waals surface area (Å²) in [6.45, 7) is 2.14. The van der Waals surface area contributed by atoms with E-state index < -0.39 is 12.2 Å². The summed E-state index contributed by atoms with van der Waals surface area (Å²) in [6.07, 6.45) is 0.568. The Morgan fingerprint density at radius 2 is 1.87 bits per heavy atom. The number of benzene rings is 2. The van der Waals surface area contributed by atoms with Crippen LogP contribution in [0, 0.1) is 0 Å². The third kappa shape index (κ3) is 6.55. The van der Waals surface area contributed by atoms with E-state index in [4.69, 9.17) is 9.47 Å². The summed E-state index contributed by atoms with van der Waals surface area (Å²) in [4.78, 5) is 14.9. The van der Waals surface area contributed by atoms with Gasteiger partial charge in [0.05, 0.1) is 19.3 Å². The fraction of sp³-hybridized carbons (Fsp3) is 0.458. The van der Waals surface area contributed by atoms with Crippen molar-refractivity contribution in [2.24, 2.45) is 0 Å². The van der Waals surface area contributed by atoms with Gasteiger partial charge in [-0.1, -0.05) is 42.5 Å². The molecule has 0 radical (unpaired) electrons. The van der Waals surface area contributed by atoms with Crippen LogP contribution in [0.4, 0.5) is 0 Å². The molecule has 0 bridgehead atoms. The maximum absolute atomic E-state index is 12.6. The third-order valence-corrected chi connectivity index (χ3v) is 5.49. The average molecular weight is 413 g/mol. The normalized spacial score (nSPS) is 21.4. The topological polar surface area (TPSA) is 71.0 Å². The van der Waals surface area contributed by atoms with Gasteiger partial charge in [-0.05, 0) is 49.6 Å². The molecule has 1 fully saturated rings. The number of hydrogen-bond donors (Lipinski definition) is 2. The second-order valence-electron chi connectivity index (χ2n) is 7.90. The van der Waals surface area contributed by atoms with Gasteiger partial charge in [-0.15, -0.1) is 0 Å². The molecule has 1 aliphatic rings. The quantitative estimate of drug-likeness (QED) is 0.663. The van der Waals surface area contributed by atoms with Gasteiger partial charge in [0, 0.05) is 19.6 Å². The number of rotatable bonds is 9. The summed E-state index contributed by atoms with van der Waals surface area (Å²) in [7, 11) is 3.71. The monoisotopic (exact) mass is 412 g/mol. The van der Waals surface area contributed by atoms with Gasteiger partial charge in [-0.3, -0.25) is 4.79 Å². The Bertz CT molecular complexity index is 782. The largest absolute Gasteiger partial charge is 0.497 e. The first-order valence-electron chi connectivity index (χ1n) is 10.5. The smallest absolute Gasteiger partial charge is 0.252 e. The second kappa shape index (κ2) is 11.1. The summed E-state index contributed by atoms with van der Waals surface area (Å²) in [5.41, 5.74) is 2.24. The van der Waals surface area contributed by atoms with Crippen LogP contribution >= 0.6 is 0 Å². The van der Waals surface area contributed by atoms with Gasteiger partial charge < -0.3 is 24.8 Å². The van der Waals surface area contributed by atoms with Crippen molar-refractivity contribution < 1.29 is 19.4 Å². The van der Waals surface area contributed by atoms with E-state index in [1.54, 1.807) is 7.11 Å². The van der Waals surface area contributed by atoms with Crippen LogP contribution in [-0.4, -0.2) is 54.9 Å². The van der Waals surface area contributed by atoms with Crippen molar-refractivity contribution in [3.63, 3.8) is 0 Å². The molecule has 30 heavy (non-hydrogen) atoms. The van der Waals surface area contributed by atoms with Crippen LogP contribution in [0.25, 0.3) is 0 Å². The number of aliphatic hydroxyl groups excluding tert-OH is 1. The highest BCUT2D eigenvalue weighted by molar-refractivity contribution is 5.81. The average Bonchev–Trinajstić information content (AvgIpc) is 2.78. The molecule has 0 aliphatic carbocycles. The van der Waals surface area contributed by atoms with E-state index in [2.05, 4.69) is 29.4 Å². The molecule has 2 aromatic rings. The summed E-state index contributed by atoms with van der Waals surface area (Å²) in [6, 6.07) is 17.9. The van der Waals surface area contributed by atoms with E-state index in [9.17, 15) is 9.90 Å². The first-order valence-corrected chi connectivity index (χ1v) is 10.5. The minimum atomic E-state index is -0.818. The molecule has 0 saturated carbocycles. The molecular formula is C24H32N2O4. The Balaban J connectivity index is 1.44. The van der Waals surface area contributed by atoms with Gasteiger partial charge in [-0.2, -0.15) is 0 Å². The Morgan fingerprint density at radius 3 is 2.57 bits per heavy atom. The number of carbonyl (C=O) groups is 1. The summed E-state index contributed by atoms with van der Waals surface area (Å²) in [5, 5.41) is 13.2. The number of carbonyl (C=O) groups excluding carboxylic acids is 1.